The molecule has 0 aliphatic heterocycles. The van der Waals surface area contributed by atoms with Crippen LogP contribution in [0.25, 0.3) is 10.9 Å². The van der Waals surface area contributed by atoms with Gasteiger partial charge in [0.25, 0.3) is 0 Å². The smallest absolute Gasteiger partial charge is 0.301 e. The second-order valence-electron chi connectivity index (χ2n) is 5.46. The second kappa shape index (κ2) is 5.86. The number of fused-ring (bicyclic) bond motifs is 1. The zero-order valence-corrected chi connectivity index (χ0v) is 12.0. The van der Waals surface area contributed by atoms with Crippen LogP contribution in [0.2, 0.25) is 0 Å². The van der Waals surface area contributed by atoms with Gasteiger partial charge in [0.05, 0.1) is 15.8 Å². The zero-order valence-electron chi connectivity index (χ0n) is 12.0. The van der Waals surface area contributed by atoms with Crippen molar-refractivity contribution in [3.05, 3.63) is 40.6 Å². The summed E-state index contributed by atoms with van der Waals surface area (Å²) < 4.78 is 0. The minimum atomic E-state index is -0.339. The molecular weight excluding hydrogens is 254 g/mol. The van der Waals surface area contributed by atoms with Crippen LogP contribution >= 0.6 is 0 Å². The topological polar surface area (TPSA) is 68.1 Å². The van der Waals surface area contributed by atoms with E-state index >= 15 is 0 Å². The number of hydrogen-bond acceptors (Lipinski definition) is 4. The van der Waals surface area contributed by atoms with Crippen LogP contribution in [0.15, 0.2) is 30.5 Å². The van der Waals surface area contributed by atoms with Crippen LogP contribution in [0.4, 0.5) is 11.4 Å². The molecule has 1 aromatic carbocycles. The summed E-state index contributed by atoms with van der Waals surface area (Å²) in [7, 11) is 0. The Balaban J connectivity index is 2.42. The molecule has 5 nitrogen and oxygen atoms in total. The van der Waals surface area contributed by atoms with E-state index in [1.54, 1.807) is 24.4 Å². The Morgan fingerprint density at radius 2 is 2.05 bits per heavy atom. The molecule has 0 saturated carbocycles. The molecule has 0 spiro atoms. The van der Waals surface area contributed by atoms with Crippen molar-refractivity contribution in [3.63, 3.8) is 0 Å². The Labute approximate surface area is 118 Å². The number of nitrogens with zero attached hydrogens (tertiary/aromatic N) is 2. The van der Waals surface area contributed by atoms with Crippen LogP contribution in [0, 0.1) is 16.0 Å². The summed E-state index contributed by atoms with van der Waals surface area (Å²) in [6.07, 6.45) is 2.60. The molecule has 0 bridgehead atoms. The highest BCUT2D eigenvalue weighted by molar-refractivity contribution is 5.94. The largest absolute Gasteiger partial charge is 0.377 e. The molecule has 0 radical (unpaired) electrons. The third-order valence-electron chi connectivity index (χ3n) is 3.17. The zero-order chi connectivity index (χ0) is 14.7. The highest BCUT2D eigenvalue weighted by Crippen LogP contribution is 2.33. The molecule has 1 heterocycles. The number of nitrogens with one attached hydrogen (secondary N) is 1. The van der Waals surface area contributed by atoms with Gasteiger partial charge in [0.15, 0.2) is 0 Å². The maximum atomic E-state index is 11.4. The lowest BCUT2D eigenvalue weighted by atomic mass is 10.0. The maximum absolute atomic E-state index is 11.4. The lowest BCUT2D eigenvalue weighted by Crippen LogP contribution is -2.18. The average Bonchev–Trinajstić information content (AvgIpc) is 2.36. The molecule has 0 amide bonds. The van der Waals surface area contributed by atoms with Gasteiger partial charge in [-0.25, -0.2) is 0 Å². The number of benzene rings is 1. The molecule has 1 atom stereocenters. The molecule has 0 aliphatic carbocycles. The molecule has 0 saturated heterocycles. The van der Waals surface area contributed by atoms with Crippen LogP contribution in [-0.2, 0) is 0 Å². The predicted molar refractivity (Wildman–Crippen MR) is 80.9 cm³/mol. The van der Waals surface area contributed by atoms with Gasteiger partial charge in [0.1, 0.15) is 5.69 Å². The summed E-state index contributed by atoms with van der Waals surface area (Å²) in [5, 5.41) is 15.2. The van der Waals surface area contributed by atoms with Crippen LogP contribution in [-0.4, -0.2) is 15.9 Å². The standard InChI is InChI=1S/C15H19N3O2/c1-10(2)9-11(3)17-14-7-6-13-12(5-4-8-16-13)15(14)18(19)20/h4-8,10-11,17H,9H2,1-3H3. The fourth-order valence-electron chi connectivity index (χ4n) is 2.48. The molecule has 5 heteroatoms. The Kier molecular flexibility index (Phi) is 4.17. The first-order valence-electron chi connectivity index (χ1n) is 6.77. The Morgan fingerprint density at radius 1 is 1.30 bits per heavy atom. The maximum Gasteiger partial charge on any atom is 0.301 e. The number of nitro benzene ring substituents is 1. The monoisotopic (exact) mass is 273 g/mol. The van der Waals surface area contributed by atoms with Gasteiger partial charge in [-0.2, -0.15) is 0 Å². The predicted octanol–water partition coefficient (Wildman–Crippen LogP) is 3.99. The van der Waals surface area contributed by atoms with Gasteiger partial charge in [0, 0.05) is 12.2 Å². The first kappa shape index (κ1) is 14.2. The second-order valence-corrected chi connectivity index (χ2v) is 5.46. The van der Waals surface area contributed by atoms with Gasteiger partial charge in [-0.15, -0.1) is 0 Å². The first-order valence-corrected chi connectivity index (χ1v) is 6.77. The molecule has 20 heavy (non-hydrogen) atoms. The van der Waals surface area contributed by atoms with Crippen molar-refractivity contribution >= 4 is 22.3 Å². The normalized spacial score (nSPS) is 12.6. The molecule has 0 fully saturated rings. The van der Waals surface area contributed by atoms with Crippen LogP contribution in [0.3, 0.4) is 0 Å². The van der Waals surface area contributed by atoms with E-state index < -0.39 is 0 Å². The molecule has 2 aromatic rings. The Hall–Kier alpha value is -2.17. The number of pyridine rings is 1. The third kappa shape index (κ3) is 3.04. The van der Waals surface area contributed by atoms with Gasteiger partial charge < -0.3 is 5.32 Å². The van der Waals surface area contributed by atoms with Gasteiger partial charge in [0.2, 0.25) is 0 Å². The van der Waals surface area contributed by atoms with E-state index in [-0.39, 0.29) is 16.7 Å². The molecule has 1 aromatic heterocycles. The summed E-state index contributed by atoms with van der Waals surface area (Å²) in [6.45, 7) is 6.31. The SMILES string of the molecule is CC(C)CC(C)Nc1ccc2ncccc2c1[N+](=O)[O-]. The van der Waals surface area contributed by atoms with Crippen molar-refractivity contribution in [1.82, 2.24) is 4.98 Å². The minimum absolute atomic E-state index is 0.103. The minimum Gasteiger partial charge on any atom is -0.377 e. The van der Waals surface area contributed by atoms with E-state index in [1.807, 2.05) is 13.0 Å². The average molecular weight is 273 g/mol. The van der Waals surface area contributed by atoms with Gasteiger partial charge in [-0.1, -0.05) is 13.8 Å². The fraction of sp³-hybridized carbons (Fsp3) is 0.400. The number of aromatic nitrogens is 1. The van der Waals surface area contributed by atoms with Crippen molar-refractivity contribution in [2.24, 2.45) is 5.92 Å². The van der Waals surface area contributed by atoms with Gasteiger partial charge in [-0.3, -0.25) is 15.1 Å². The third-order valence-corrected chi connectivity index (χ3v) is 3.17. The van der Waals surface area contributed by atoms with Crippen molar-refractivity contribution < 1.29 is 4.92 Å². The van der Waals surface area contributed by atoms with E-state index in [1.165, 1.54) is 0 Å². The first-order chi connectivity index (χ1) is 9.49. The van der Waals surface area contributed by atoms with Crippen LogP contribution < -0.4 is 5.32 Å². The van der Waals surface area contributed by atoms with Crippen LogP contribution in [0.5, 0.6) is 0 Å². The lowest BCUT2D eigenvalue weighted by Gasteiger charge is -2.17. The Bertz CT molecular complexity index is 626. The molecule has 1 unspecified atom stereocenters. The molecule has 2 rings (SSSR count). The van der Waals surface area contributed by atoms with Crippen molar-refractivity contribution in [3.8, 4) is 0 Å². The van der Waals surface area contributed by atoms with E-state index in [0.29, 0.717) is 22.5 Å². The highest BCUT2D eigenvalue weighted by Gasteiger charge is 2.20. The van der Waals surface area contributed by atoms with Crippen molar-refractivity contribution in [1.29, 1.82) is 0 Å². The summed E-state index contributed by atoms with van der Waals surface area (Å²) in [4.78, 5) is 15.2. The fourth-order valence-corrected chi connectivity index (χ4v) is 2.48. The van der Waals surface area contributed by atoms with E-state index in [9.17, 15) is 10.1 Å². The summed E-state index contributed by atoms with van der Waals surface area (Å²) in [6, 6.07) is 7.19. The Morgan fingerprint density at radius 3 is 2.70 bits per heavy atom. The molecule has 106 valence electrons. The number of nitro groups is 1. The van der Waals surface area contributed by atoms with Gasteiger partial charge >= 0.3 is 5.69 Å². The quantitative estimate of drug-likeness (QED) is 0.660. The number of hydrogen-bond donors (Lipinski definition) is 1. The summed E-state index contributed by atoms with van der Waals surface area (Å²) >= 11 is 0. The molecule has 1 N–H and O–H groups in total. The van der Waals surface area contributed by atoms with E-state index in [2.05, 4.69) is 24.1 Å². The van der Waals surface area contributed by atoms with Crippen molar-refractivity contribution in [2.75, 3.05) is 5.32 Å². The number of rotatable bonds is 5. The lowest BCUT2D eigenvalue weighted by molar-refractivity contribution is -0.382. The van der Waals surface area contributed by atoms with Gasteiger partial charge in [-0.05, 0) is 43.5 Å². The van der Waals surface area contributed by atoms with E-state index in [4.69, 9.17) is 0 Å². The summed E-state index contributed by atoms with van der Waals surface area (Å²) in [5.41, 5.74) is 1.30. The molecular formula is C15H19N3O2. The highest BCUT2D eigenvalue weighted by atomic mass is 16.6. The van der Waals surface area contributed by atoms with Crippen LogP contribution in [0.1, 0.15) is 27.2 Å². The van der Waals surface area contributed by atoms with Crippen molar-refractivity contribution in [2.45, 2.75) is 33.2 Å². The molecule has 0 aliphatic rings. The van der Waals surface area contributed by atoms with E-state index in [0.717, 1.165) is 6.42 Å². The number of anilines is 1. The summed E-state index contributed by atoms with van der Waals surface area (Å²) in [5.74, 6) is 0.540.